The van der Waals surface area contributed by atoms with E-state index in [9.17, 15) is 15.0 Å². The summed E-state index contributed by atoms with van der Waals surface area (Å²) < 4.78 is 0. The van der Waals surface area contributed by atoms with Crippen molar-refractivity contribution in [2.75, 3.05) is 0 Å². The lowest BCUT2D eigenvalue weighted by Crippen LogP contribution is -2.59. The molecule has 0 radical (unpaired) electrons. The van der Waals surface area contributed by atoms with E-state index in [0.29, 0.717) is 30.0 Å². The van der Waals surface area contributed by atoms with Crippen molar-refractivity contribution in [3.8, 4) is 0 Å². The van der Waals surface area contributed by atoms with Crippen molar-refractivity contribution in [2.45, 2.75) is 84.8 Å². The Morgan fingerprint density at radius 3 is 2.44 bits per heavy atom. The van der Waals surface area contributed by atoms with Crippen molar-refractivity contribution >= 4 is 5.78 Å². The topological polar surface area (TPSA) is 57.5 Å². The van der Waals surface area contributed by atoms with Gasteiger partial charge in [-0.15, -0.1) is 0 Å². The van der Waals surface area contributed by atoms with Crippen LogP contribution in [-0.2, 0) is 4.79 Å². The van der Waals surface area contributed by atoms with Gasteiger partial charge in [-0.3, -0.25) is 4.79 Å². The fraction of sp³-hybridized carbons (Fsp3) is 0.864. The van der Waals surface area contributed by atoms with Crippen molar-refractivity contribution in [3.05, 3.63) is 11.6 Å². The first-order valence-electron chi connectivity index (χ1n) is 10.2. The van der Waals surface area contributed by atoms with Gasteiger partial charge in [0.15, 0.2) is 5.78 Å². The van der Waals surface area contributed by atoms with Gasteiger partial charge in [-0.05, 0) is 79.6 Å². The molecule has 4 rings (SSSR count). The average molecular weight is 347 g/mol. The molecule has 8 unspecified atom stereocenters. The third-order valence-corrected chi connectivity index (χ3v) is 9.46. The molecule has 0 aromatic heterocycles. The van der Waals surface area contributed by atoms with E-state index in [1.165, 1.54) is 6.42 Å². The molecule has 2 N–H and O–H groups in total. The molecule has 0 aromatic carbocycles. The molecular formula is C22H34O3. The van der Waals surface area contributed by atoms with Crippen molar-refractivity contribution < 1.29 is 15.0 Å². The molecule has 0 saturated heterocycles. The molecule has 3 heteroatoms. The average Bonchev–Trinajstić information content (AvgIpc) is 2.74. The zero-order valence-electron chi connectivity index (χ0n) is 16.2. The summed E-state index contributed by atoms with van der Waals surface area (Å²) in [4.78, 5) is 12.8. The van der Waals surface area contributed by atoms with Crippen LogP contribution in [0.15, 0.2) is 11.6 Å². The summed E-state index contributed by atoms with van der Waals surface area (Å²) in [5, 5.41) is 20.6. The molecule has 0 aliphatic heterocycles. The number of rotatable bonds is 0. The van der Waals surface area contributed by atoms with Gasteiger partial charge in [0.05, 0.1) is 12.2 Å². The summed E-state index contributed by atoms with van der Waals surface area (Å²) in [6.07, 6.45) is 7.62. The molecule has 0 amide bonds. The number of hydrogen-bond acceptors (Lipinski definition) is 3. The van der Waals surface area contributed by atoms with E-state index in [0.717, 1.165) is 37.7 Å². The zero-order chi connectivity index (χ0) is 18.2. The van der Waals surface area contributed by atoms with E-state index < -0.39 is 12.2 Å². The second-order valence-corrected chi connectivity index (χ2v) is 10.2. The van der Waals surface area contributed by atoms with E-state index in [-0.39, 0.29) is 16.2 Å². The summed E-state index contributed by atoms with van der Waals surface area (Å²) in [6.45, 7) is 9.09. The first-order valence-corrected chi connectivity index (χ1v) is 10.2. The monoisotopic (exact) mass is 346 g/mol. The van der Waals surface area contributed by atoms with Crippen molar-refractivity contribution in [1.82, 2.24) is 0 Å². The fourth-order valence-corrected chi connectivity index (χ4v) is 7.83. The largest absolute Gasteiger partial charge is 0.390 e. The lowest BCUT2D eigenvalue weighted by Gasteiger charge is -2.64. The minimum absolute atomic E-state index is 0.00991. The number of fused-ring (bicyclic) bond motifs is 5. The smallest absolute Gasteiger partial charge is 0.159 e. The maximum absolute atomic E-state index is 12.8. The lowest BCUT2D eigenvalue weighted by molar-refractivity contribution is -0.174. The van der Waals surface area contributed by atoms with Crippen LogP contribution in [0.25, 0.3) is 0 Å². The number of carbonyl (C=O) groups is 1. The summed E-state index contributed by atoms with van der Waals surface area (Å²) in [7, 11) is 0. The normalized spacial score (nSPS) is 57.1. The number of ketones is 1. The molecule has 4 saturated carbocycles. The van der Waals surface area contributed by atoms with Crippen LogP contribution in [0.2, 0.25) is 0 Å². The summed E-state index contributed by atoms with van der Waals surface area (Å²) in [5.74, 6) is 1.99. The Morgan fingerprint density at radius 2 is 1.76 bits per heavy atom. The first-order chi connectivity index (χ1) is 11.7. The Bertz CT molecular complexity index is 625. The lowest BCUT2D eigenvalue weighted by atomic mass is 9.41. The zero-order valence-corrected chi connectivity index (χ0v) is 16.2. The van der Waals surface area contributed by atoms with Gasteiger partial charge in [-0.1, -0.05) is 26.8 Å². The van der Waals surface area contributed by atoms with Crippen LogP contribution in [-0.4, -0.2) is 28.2 Å². The molecule has 4 aliphatic rings. The van der Waals surface area contributed by atoms with E-state index in [2.05, 4.69) is 26.8 Å². The highest BCUT2D eigenvalue weighted by atomic mass is 16.3. The molecule has 3 nitrogen and oxygen atoms in total. The summed E-state index contributed by atoms with van der Waals surface area (Å²) >= 11 is 0. The van der Waals surface area contributed by atoms with Gasteiger partial charge in [0, 0.05) is 11.8 Å². The van der Waals surface area contributed by atoms with Gasteiger partial charge in [-0.2, -0.15) is 0 Å². The predicted molar refractivity (Wildman–Crippen MR) is 97.9 cm³/mol. The highest BCUT2D eigenvalue weighted by molar-refractivity contribution is 6.00. The Morgan fingerprint density at radius 1 is 1.04 bits per heavy atom. The Balaban J connectivity index is 1.73. The third-order valence-electron chi connectivity index (χ3n) is 9.46. The standard InChI is InChI=1S/C22H34O3/c1-5-14-18(24)12-22(4)16-7-6-13-10-17(23)19(25)11-20(13,2)15(16)8-9-21(14,22)3/h5,13,15-17,19,23,25H,6-12H2,1-4H3. The number of Topliss-reactive ketones (excluding diaryl/α,β-unsaturated/α-hetero) is 1. The van der Waals surface area contributed by atoms with Crippen LogP contribution in [0.3, 0.4) is 0 Å². The highest BCUT2D eigenvalue weighted by Crippen LogP contribution is 2.71. The first kappa shape index (κ1) is 17.7. The van der Waals surface area contributed by atoms with Gasteiger partial charge < -0.3 is 10.2 Å². The molecule has 25 heavy (non-hydrogen) atoms. The minimum Gasteiger partial charge on any atom is -0.390 e. The van der Waals surface area contributed by atoms with Gasteiger partial charge in [-0.25, -0.2) is 0 Å². The van der Waals surface area contributed by atoms with E-state index in [1.54, 1.807) is 0 Å². The van der Waals surface area contributed by atoms with Crippen LogP contribution in [0.1, 0.15) is 72.6 Å². The maximum atomic E-state index is 12.8. The predicted octanol–water partition coefficient (Wildman–Crippen LogP) is 3.88. The molecule has 0 spiro atoms. The van der Waals surface area contributed by atoms with Crippen molar-refractivity contribution in [1.29, 1.82) is 0 Å². The number of aliphatic hydroxyl groups excluding tert-OH is 2. The Labute approximate surface area is 151 Å². The van der Waals surface area contributed by atoms with E-state index in [1.807, 2.05) is 6.92 Å². The van der Waals surface area contributed by atoms with Crippen LogP contribution < -0.4 is 0 Å². The Hall–Kier alpha value is -0.670. The van der Waals surface area contributed by atoms with E-state index >= 15 is 0 Å². The van der Waals surface area contributed by atoms with Crippen LogP contribution in [0.5, 0.6) is 0 Å². The molecule has 0 heterocycles. The SMILES string of the molecule is CC=C1C(=O)CC2(C)C3CCC4CC(O)C(O)CC4(C)C3CCC12C. The van der Waals surface area contributed by atoms with Crippen molar-refractivity contribution in [2.24, 2.45) is 34.0 Å². The fourth-order valence-electron chi connectivity index (χ4n) is 7.83. The van der Waals surface area contributed by atoms with Crippen molar-refractivity contribution in [3.63, 3.8) is 0 Å². The minimum atomic E-state index is -0.586. The number of carbonyl (C=O) groups excluding carboxylic acids is 1. The van der Waals surface area contributed by atoms with E-state index in [4.69, 9.17) is 0 Å². The van der Waals surface area contributed by atoms with Crippen LogP contribution >= 0.6 is 0 Å². The third kappa shape index (κ3) is 2.09. The highest BCUT2D eigenvalue weighted by Gasteiger charge is 2.66. The Kier molecular flexibility index (Phi) is 3.84. The molecule has 140 valence electrons. The van der Waals surface area contributed by atoms with Gasteiger partial charge >= 0.3 is 0 Å². The number of aliphatic hydroxyl groups is 2. The summed E-state index contributed by atoms with van der Waals surface area (Å²) in [5.41, 5.74) is 1.23. The molecule has 8 atom stereocenters. The van der Waals surface area contributed by atoms with Crippen LogP contribution in [0.4, 0.5) is 0 Å². The molecule has 0 bridgehead atoms. The molecule has 4 aliphatic carbocycles. The van der Waals surface area contributed by atoms with Gasteiger partial charge in [0.25, 0.3) is 0 Å². The molecule has 0 aromatic rings. The van der Waals surface area contributed by atoms with Gasteiger partial charge in [0.2, 0.25) is 0 Å². The number of allylic oxidation sites excluding steroid dienone is 2. The quantitative estimate of drug-likeness (QED) is 0.655. The summed E-state index contributed by atoms with van der Waals surface area (Å²) in [6, 6.07) is 0. The van der Waals surface area contributed by atoms with Gasteiger partial charge in [0.1, 0.15) is 0 Å². The van der Waals surface area contributed by atoms with Crippen LogP contribution in [0, 0.1) is 34.0 Å². The second kappa shape index (κ2) is 5.42. The molecule has 4 fully saturated rings. The molecular weight excluding hydrogens is 312 g/mol. The number of hydrogen-bond donors (Lipinski definition) is 2. The maximum Gasteiger partial charge on any atom is 0.159 e. The second-order valence-electron chi connectivity index (χ2n) is 10.2.